The van der Waals surface area contributed by atoms with Gasteiger partial charge in [-0.15, -0.1) is 5.10 Å². The smallest absolute Gasteiger partial charge is 0.237 e. The van der Waals surface area contributed by atoms with Crippen molar-refractivity contribution in [2.75, 3.05) is 5.32 Å². The summed E-state index contributed by atoms with van der Waals surface area (Å²) in [7, 11) is 0. The maximum Gasteiger partial charge on any atom is 0.237 e. The molecule has 0 aliphatic heterocycles. The van der Waals surface area contributed by atoms with Crippen molar-refractivity contribution in [3.05, 3.63) is 59.2 Å². The number of anilines is 1. The van der Waals surface area contributed by atoms with E-state index in [0.29, 0.717) is 5.16 Å². The van der Waals surface area contributed by atoms with E-state index in [4.69, 9.17) is 0 Å². The Morgan fingerprint density at radius 3 is 2.52 bits per heavy atom. The van der Waals surface area contributed by atoms with Crippen LogP contribution in [0.3, 0.4) is 0 Å². The Bertz CT molecular complexity index is 971. The molecule has 0 saturated heterocycles. The minimum absolute atomic E-state index is 0.398. The lowest BCUT2D eigenvalue weighted by molar-refractivity contribution is -0.115. The number of carbonyl (C=O) groups excluding carboxylic acids is 1. The van der Waals surface area contributed by atoms with E-state index < -0.39 is 28.5 Å². The van der Waals surface area contributed by atoms with Crippen molar-refractivity contribution < 1.29 is 13.6 Å². The average molecular weight is 389 g/mol. The van der Waals surface area contributed by atoms with Gasteiger partial charge >= 0.3 is 0 Å². The van der Waals surface area contributed by atoms with Crippen molar-refractivity contribution in [1.82, 2.24) is 20.2 Å². The van der Waals surface area contributed by atoms with Crippen LogP contribution in [-0.4, -0.2) is 31.4 Å². The first kappa shape index (κ1) is 19.0. The lowest BCUT2D eigenvalue weighted by atomic mass is 10.1. The summed E-state index contributed by atoms with van der Waals surface area (Å²) in [6, 6.07) is 9.17. The van der Waals surface area contributed by atoms with Crippen LogP contribution in [0, 0.1) is 25.5 Å². The van der Waals surface area contributed by atoms with E-state index in [1.54, 1.807) is 6.92 Å². The number of halogens is 2. The van der Waals surface area contributed by atoms with Crippen LogP contribution in [0.2, 0.25) is 0 Å². The average Bonchev–Trinajstić information content (AvgIpc) is 3.08. The van der Waals surface area contributed by atoms with E-state index in [1.165, 1.54) is 10.7 Å². The summed E-state index contributed by atoms with van der Waals surface area (Å²) in [4.78, 5) is 12.3. The Morgan fingerprint density at radius 2 is 1.85 bits per heavy atom. The van der Waals surface area contributed by atoms with Crippen molar-refractivity contribution in [3.8, 4) is 5.69 Å². The number of nitrogens with one attached hydrogen (secondary N) is 1. The van der Waals surface area contributed by atoms with Crippen LogP contribution in [0.15, 0.2) is 41.6 Å². The van der Waals surface area contributed by atoms with Gasteiger partial charge in [-0.3, -0.25) is 4.79 Å². The largest absolute Gasteiger partial charge is 0.320 e. The summed E-state index contributed by atoms with van der Waals surface area (Å²) in [6.45, 7) is 5.59. The second kappa shape index (κ2) is 7.83. The topological polar surface area (TPSA) is 72.7 Å². The molecule has 9 heteroatoms. The van der Waals surface area contributed by atoms with E-state index in [9.17, 15) is 13.6 Å². The van der Waals surface area contributed by atoms with Gasteiger partial charge in [0.15, 0.2) is 0 Å². The predicted octanol–water partition coefficient (Wildman–Crippen LogP) is 3.68. The lowest BCUT2D eigenvalue weighted by Crippen LogP contribution is -2.24. The van der Waals surface area contributed by atoms with Crippen LogP contribution in [-0.2, 0) is 4.79 Å². The molecule has 0 fully saturated rings. The van der Waals surface area contributed by atoms with Crippen molar-refractivity contribution >= 4 is 23.4 Å². The molecule has 1 N–H and O–H groups in total. The zero-order valence-corrected chi connectivity index (χ0v) is 15.7. The van der Waals surface area contributed by atoms with Crippen LogP contribution in [0.4, 0.5) is 14.5 Å². The number of thioether (sulfide) groups is 1. The normalized spacial score (nSPS) is 12.0. The first-order valence-corrected chi connectivity index (χ1v) is 9.02. The Hall–Kier alpha value is -2.81. The van der Waals surface area contributed by atoms with Crippen LogP contribution >= 0.6 is 11.8 Å². The molecular formula is C18H17F2N5OS. The number of hydrogen-bond acceptors (Lipinski definition) is 5. The van der Waals surface area contributed by atoms with Gasteiger partial charge in [0.1, 0.15) is 17.3 Å². The van der Waals surface area contributed by atoms with Gasteiger partial charge in [0.2, 0.25) is 11.1 Å². The maximum atomic E-state index is 13.7. The molecule has 0 spiro atoms. The van der Waals surface area contributed by atoms with Crippen molar-refractivity contribution in [2.45, 2.75) is 31.2 Å². The molecule has 6 nitrogen and oxygen atoms in total. The monoisotopic (exact) mass is 389 g/mol. The first-order chi connectivity index (χ1) is 12.9. The van der Waals surface area contributed by atoms with Crippen molar-refractivity contribution in [1.29, 1.82) is 0 Å². The zero-order chi connectivity index (χ0) is 19.6. The molecule has 1 amide bonds. The quantitative estimate of drug-likeness (QED) is 0.674. The predicted molar refractivity (Wildman–Crippen MR) is 98.9 cm³/mol. The number of para-hydroxylation sites is 1. The van der Waals surface area contributed by atoms with Gasteiger partial charge in [-0.05, 0) is 66.6 Å². The lowest BCUT2D eigenvalue weighted by Gasteiger charge is -2.13. The molecule has 140 valence electrons. The molecule has 1 atom stereocenters. The van der Waals surface area contributed by atoms with Crippen molar-refractivity contribution in [3.63, 3.8) is 0 Å². The number of aryl methyl sites for hydroxylation is 2. The van der Waals surface area contributed by atoms with Gasteiger partial charge in [0.25, 0.3) is 0 Å². The van der Waals surface area contributed by atoms with E-state index >= 15 is 0 Å². The molecule has 2 aromatic carbocycles. The number of tetrazole rings is 1. The number of hydrogen-bond donors (Lipinski definition) is 1. The zero-order valence-electron chi connectivity index (χ0n) is 14.9. The second-order valence-corrected chi connectivity index (χ2v) is 7.30. The molecule has 3 aromatic rings. The standard InChI is InChI=1S/C18H17F2N5OS/c1-10-7-8-13(9-11(10)2)25-18(22-23-24-25)27-12(3)17(26)21-16-14(19)5-4-6-15(16)20/h4-9,12H,1-3H3,(H,21,26). The van der Waals surface area contributed by atoms with Gasteiger partial charge in [0.05, 0.1) is 10.9 Å². The van der Waals surface area contributed by atoms with Crippen LogP contribution < -0.4 is 5.32 Å². The molecule has 1 aromatic heterocycles. The molecule has 0 saturated carbocycles. The Kier molecular flexibility index (Phi) is 5.50. The molecular weight excluding hydrogens is 372 g/mol. The SMILES string of the molecule is Cc1ccc(-n2nnnc2SC(C)C(=O)Nc2c(F)cccc2F)cc1C. The number of aromatic nitrogens is 4. The third-order valence-corrected chi connectivity index (χ3v) is 5.07. The Balaban J connectivity index is 1.77. The van der Waals surface area contributed by atoms with Gasteiger partial charge in [-0.25, -0.2) is 8.78 Å². The van der Waals surface area contributed by atoms with Crippen LogP contribution in [0.25, 0.3) is 5.69 Å². The number of carbonyl (C=O) groups is 1. The summed E-state index contributed by atoms with van der Waals surface area (Å²) in [5.41, 5.74) is 2.52. The third-order valence-electron chi connectivity index (χ3n) is 4.04. The highest BCUT2D eigenvalue weighted by atomic mass is 32.2. The Morgan fingerprint density at radius 1 is 1.15 bits per heavy atom. The van der Waals surface area contributed by atoms with Gasteiger partial charge < -0.3 is 5.32 Å². The highest BCUT2D eigenvalue weighted by Crippen LogP contribution is 2.26. The fraction of sp³-hybridized carbons (Fsp3) is 0.222. The van der Waals surface area contributed by atoms with Gasteiger partial charge in [-0.1, -0.05) is 23.9 Å². The van der Waals surface area contributed by atoms with E-state index in [2.05, 4.69) is 20.8 Å². The maximum absolute atomic E-state index is 13.7. The van der Waals surface area contributed by atoms with Crippen molar-refractivity contribution in [2.24, 2.45) is 0 Å². The molecule has 0 radical (unpaired) electrons. The molecule has 0 bridgehead atoms. The van der Waals surface area contributed by atoms with E-state index in [-0.39, 0.29) is 0 Å². The first-order valence-electron chi connectivity index (χ1n) is 8.14. The third kappa shape index (κ3) is 4.13. The number of rotatable bonds is 5. The summed E-state index contributed by atoms with van der Waals surface area (Å²) in [5, 5.41) is 13.6. The molecule has 1 heterocycles. The fourth-order valence-electron chi connectivity index (χ4n) is 2.33. The summed E-state index contributed by atoms with van der Waals surface area (Å²) in [6.07, 6.45) is 0. The minimum atomic E-state index is -0.833. The van der Waals surface area contributed by atoms with Gasteiger partial charge in [-0.2, -0.15) is 4.68 Å². The number of amides is 1. The minimum Gasteiger partial charge on any atom is -0.320 e. The summed E-state index contributed by atoms with van der Waals surface area (Å²) < 4.78 is 28.9. The van der Waals surface area contributed by atoms with Crippen LogP contribution in [0.5, 0.6) is 0 Å². The van der Waals surface area contributed by atoms with E-state index in [1.807, 2.05) is 32.0 Å². The highest BCUT2D eigenvalue weighted by Gasteiger charge is 2.21. The second-order valence-electron chi connectivity index (χ2n) is 5.99. The molecule has 0 aliphatic rings. The number of benzene rings is 2. The van der Waals surface area contributed by atoms with Gasteiger partial charge in [0, 0.05) is 0 Å². The Labute approximate surface area is 159 Å². The summed E-state index contributed by atoms with van der Waals surface area (Å²) >= 11 is 1.09. The molecule has 3 rings (SSSR count). The molecule has 0 aliphatic carbocycles. The molecule has 27 heavy (non-hydrogen) atoms. The van der Waals surface area contributed by atoms with E-state index in [0.717, 1.165) is 40.7 Å². The highest BCUT2D eigenvalue weighted by molar-refractivity contribution is 8.00. The van der Waals surface area contributed by atoms with Crippen LogP contribution in [0.1, 0.15) is 18.1 Å². The fourth-order valence-corrected chi connectivity index (χ4v) is 3.13. The number of nitrogens with zero attached hydrogens (tertiary/aromatic N) is 4. The molecule has 1 unspecified atom stereocenters. The summed E-state index contributed by atoms with van der Waals surface area (Å²) in [5.74, 6) is -2.22.